The Kier molecular flexibility index (Phi) is 4.83. The fourth-order valence-corrected chi connectivity index (χ4v) is 3.21. The number of nitrogens with one attached hydrogen (secondary N) is 1. The summed E-state index contributed by atoms with van der Waals surface area (Å²) in [6, 6.07) is 1.70. The molecule has 0 aromatic rings. The maximum Gasteiger partial charge on any atom is 0.0223 e. The van der Waals surface area contributed by atoms with Crippen molar-refractivity contribution < 1.29 is 0 Å². The van der Waals surface area contributed by atoms with E-state index in [1.54, 1.807) is 0 Å². The molecular weight excluding hydrogens is 210 g/mol. The highest BCUT2D eigenvalue weighted by Crippen LogP contribution is 2.28. The molecule has 2 heterocycles. The van der Waals surface area contributed by atoms with Crippen LogP contribution < -0.4 is 5.32 Å². The normalized spacial score (nSPS) is 31.1. The van der Waals surface area contributed by atoms with E-state index in [0.717, 1.165) is 31.1 Å². The molecule has 3 heteroatoms. The van der Waals surface area contributed by atoms with Gasteiger partial charge < -0.3 is 10.2 Å². The van der Waals surface area contributed by atoms with E-state index in [0.29, 0.717) is 0 Å². The van der Waals surface area contributed by atoms with Crippen LogP contribution in [0, 0.1) is 5.92 Å². The zero-order chi connectivity index (χ0) is 12.3. The molecule has 0 saturated carbocycles. The summed E-state index contributed by atoms with van der Waals surface area (Å²) < 4.78 is 0. The predicted molar refractivity (Wildman–Crippen MR) is 73.3 cm³/mol. The van der Waals surface area contributed by atoms with Crippen LogP contribution in [0.15, 0.2) is 0 Å². The van der Waals surface area contributed by atoms with Gasteiger partial charge in [-0.05, 0) is 45.3 Å². The van der Waals surface area contributed by atoms with Crippen molar-refractivity contribution in [1.29, 1.82) is 0 Å². The van der Waals surface area contributed by atoms with E-state index in [9.17, 15) is 0 Å². The smallest absolute Gasteiger partial charge is 0.0223 e. The molecule has 100 valence electrons. The second-order valence-corrected chi connectivity index (χ2v) is 6.24. The van der Waals surface area contributed by atoms with Crippen LogP contribution in [0.5, 0.6) is 0 Å². The number of hydrogen-bond donors (Lipinski definition) is 1. The maximum atomic E-state index is 3.55. The fraction of sp³-hybridized carbons (Fsp3) is 1.00. The SMILES string of the molecule is CC(C)CNCCN1CCC2CCC(C1)N2C. The van der Waals surface area contributed by atoms with Crippen LogP contribution in [0.25, 0.3) is 0 Å². The molecule has 2 rings (SSSR count). The molecule has 2 bridgehead atoms. The molecule has 0 amide bonds. The van der Waals surface area contributed by atoms with Crippen LogP contribution in [0.4, 0.5) is 0 Å². The van der Waals surface area contributed by atoms with Gasteiger partial charge >= 0.3 is 0 Å². The summed E-state index contributed by atoms with van der Waals surface area (Å²) in [5.41, 5.74) is 0. The molecule has 2 fully saturated rings. The molecule has 2 aliphatic rings. The van der Waals surface area contributed by atoms with E-state index in [-0.39, 0.29) is 0 Å². The van der Waals surface area contributed by atoms with Crippen LogP contribution in [0.1, 0.15) is 33.1 Å². The standard InChI is InChI=1S/C14H29N3/c1-12(2)10-15-7-9-17-8-6-13-4-5-14(11-17)16(13)3/h12-15H,4-11H2,1-3H3. The van der Waals surface area contributed by atoms with Crippen molar-refractivity contribution in [1.82, 2.24) is 15.1 Å². The third kappa shape index (κ3) is 3.67. The molecule has 0 aromatic heterocycles. The third-order valence-electron chi connectivity index (χ3n) is 4.39. The molecule has 2 saturated heterocycles. The minimum atomic E-state index is 0.765. The first kappa shape index (κ1) is 13.3. The summed E-state index contributed by atoms with van der Waals surface area (Å²) in [6.07, 6.45) is 4.22. The molecule has 2 atom stereocenters. The average Bonchev–Trinajstić information content (AvgIpc) is 2.51. The number of rotatable bonds is 5. The van der Waals surface area contributed by atoms with E-state index >= 15 is 0 Å². The lowest BCUT2D eigenvalue weighted by Gasteiger charge is -2.25. The quantitative estimate of drug-likeness (QED) is 0.732. The number of likely N-dealkylation sites (tertiary alicyclic amines) is 1. The molecule has 0 spiro atoms. The first-order valence-electron chi connectivity index (χ1n) is 7.32. The van der Waals surface area contributed by atoms with Crippen molar-refractivity contribution in [3.63, 3.8) is 0 Å². The molecule has 2 unspecified atom stereocenters. The van der Waals surface area contributed by atoms with E-state index in [2.05, 4.69) is 36.0 Å². The van der Waals surface area contributed by atoms with Gasteiger partial charge in [0.05, 0.1) is 0 Å². The Hall–Kier alpha value is -0.120. The van der Waals surface area contributed by atoms with Crippen LogP contribution in [-0.2, 0) is 0 Å². The van der Waals surface area contributed by atoms with Gasteiger partial charge in [0.2, 0.25) is 0 Å². The molecule has 1 N–H and O–H groups in total. The van der Waals surface area contributed by atoms with Crippen LogP contribution in [-0.4, -0.2) is 61.7 Å². The summed E-state index contributed by atoms with van der Waals surface area (Å²) >= 11 is 0. The van der Waals surface area contributed by atoms with Crippen LogP contribution in [0.2, 0.25) is 0 Å². The Balaban J connectivity index is 1.68. The molecule has 0 radical (unpaired) electrons. The lowest BCUT2D eigenvalue weighted by molar-refractivity contribution is 0.219. The van der Waals surface area contributed by atoms with Gasteiger partial charge in [0.25, 0.3) is 0 Å². The van der Waals surface area contributed by atoms with Gasteiger partial charge in [0, 0.05) is 31.7 Å². The first-order valence-corrected chi connectivity index (χ1v) is 7.32. The highest BCUT2D eigenvalue weighted by molar-refractivity contribution is 4.91. The topological polar surface area (TPSA) is 18.5 Å². The van der Waals surface area contributed by atoms with Crippen molar-refractivity contribution in [2.45, 2.75) is 45.2 Å². The number of likely N-dealkylation sites (N-methyl/N-ethyl adjacent to an activating group) is 1. The lowest BCUT2D eigenvalue weighted by atomic mass is 10.1. The average molecular weight is 239 g/mol. The minimum Gasteiger partial charge on any atom is -0.315 e. The van der Waals surface area contributed by atoms with Gasteiger partial charge in [-0.3, -0.25) is 4.90 Å². The van der Waals surface area contributed by atoms with Gasteiger partial charge in [-0.15, -0.1) is 0 Å². The number of hydrogen-bond acceptors (Lipinski definition) is 3. The van der Waals surface area contributed by atoms with Gasteiger partial charge in [-0.25, -0.2) is 0 Å². The largest absolute Gasteiger partial charge is 0.315 e. The number of nitrogens with zero attached hydrogens (tertiary/aromatic N) is 2. The van der Waals surface area contributed by atoms with Gasteiger partial charge in [-0.1, -0.05) is 13.8 Å². The van der Waals surface area contributed by atoms with Crippen molar-refractivity contribution >= 4 is 0 Å². The van der Waals surface area contributed by atoms with Crippen LogP contribution in [0.3, 0.4) is 0 Å². The maximum absolute atomic E-state index is 3.55. The van der Waals surface area contributed by atoms with Gasteiger partial charge in [-0.2, -0.15) is 0 Å². The highest BCUT2D eigenvalue weighted by atomic mass is 15.3. The molecule has 17 heavy (non-hydrogen) atoms. The van der Waals surface area contributed by atoms with E-state index in [1.807, 2.05) is 0 Å². The Morgan fingerprint density at radius 3 is 2.71 bits per heavy atom. The summed E-state index contributed by atoms with van der Waals surface area (Å²) in [5, 5.41) is 3.55. The monoisotopic (exact) mass is 239 g/mol. The van der Waals surface area contributed by atoms with Crippen LogP contribution >= 0.6 is 0 Å². The summed E-state index contributed by atoms with van der Waals surface area (Å²) in [5.74, 6) is 0.765. The molecule has 2 aliphatic heterocycles. The zero-order valence-electron chi connectivity index (χ0n) is 11.8. The summed E-state index contributed by atoms with van der Waals surface area (Å²) in [7, 11) is 2.32. The highest BCUT2D eigenvalue weighted by Gasteiger charge is 2.34. The Morgan fingerprint density at radius 1 is 1.18 bits per heavy atom. The van der Waals surface area contributed by atoms with Crippen molar-refractivity contribution in [3.05, 3.63) is 0 Å². The van der Waals surface area contributed by atoms with Crippen molar-refractivity contribution in [2.75, 3.05) is 39.8 Å². The lowest BCUT2D eigenvalue weighted by Crippen LogP contribution is -2.39. The summed E-state index contributed by atoms with van der Waals surface area (Å²) in [4.78, 5) is 5.29. The Bertz CT molecular complexity index is 230. The Labute approximate surface area is 107 Å². The first-order chi connectivity index (χ1) is 8.16. The second kappa shape index (κ2) is 6.17. The van der Waals surface area contributed by atoms with Gasteiger partial charge in [0.1, 0.15) is 0 Å². The molecule has 0 aromatic carbocycles. The molecule has 0 aliphatic carbocycles. The van der Waals surface area contributed by atoms with E-state index < -0.39 is 0 Å². The molecular formula is C14H29N3. The Morgan fingerprint density at radius 2 is 1.94 bits per heavy atom. The number of fused-ring (bicyclic) bond motifs is 2. The van der Waals surface area contributed by atoms with E-state index in [4.69, 9.17) is 0 Å². The second-order valence-electron chi connectivity index (χ2n) is 6.24. The zero-order valence-corrected chi connectivity index (χ0v) is 11.8. The third-order valence-corrected chi connectivity index (χ3v) is 4.39. The predicted octanol–water partition coefficient (Wildman–Crippen LogP) is 1.40. The van der Waals surface area contributed by atoms with Gasteiger partial charge in [0.15, 0.2) is 0 Å². The van der Waals surface area contributed by atoms with E-state index in [1.165, 1.54) is 38.9 Å². The fourth-order valence-electron chi connectivity index (χ4n) is 3.21. The minimum absolute atomic E-state index is 0.765. The van der Waals surface area contributed by atoms with Crippen molar-refractivity contribution in [2.24, 2.45) is 5.92 Å². The summed E-state index contributed by atoms with van der Waals surface area (Å²) in [6.45, 7) is 10.7. The molecule has 3 nitrogen and oxygen atoms in total. The van der Waals surface area contributed by atoms with Crippen molar-refractivity contribution in [3.8, 4) is 0 Å².